The van der Waals surface area contributed by atoms with E-state index < -0.39 is 0 Å². The molecule has 1 N–H and O–H groups in total. The minimum atomic E-state index is -0.103. The fourth-order valence-corrected chi connectivity index (χ4v) is 3.03. The van der Waals surface area contributed by atoms with E-state index in [1.165, 1.54) is 0 Å². The van der Waals surface area contributed by atoms with E-state index in [9.17, 15) is 9.59 Å². The fraction of sp³-hybridized carbons (Fsp3) is 0.333. The van der Waals surface area contributed by atoms with Gasteiger partial charge in [0.25, 0.3) is 11.8 Å². The number of rotatable bonds is 4. The van der Waals surface area contributed by atoms with Crippen LogP contribution in [0.1, 0.15) is 27.8 Å². The van der Waals surface area contributed by atoms with Gasteiger partial charge >= 0.3 is 0 Å². The molecule has 1 aliphatic heterocycles. The van der Waals surface area contributed by atoms with Gasteiger partial charge in [-0.05, 0) is 25.1 Å². The van der Waals surface area contributed by atoms with Gasteiger partial charge in [0, 0.05) is 32.4 Å². The van der Waals surface area contributed by atoms with E-state index in [0.717, 1.165) is 0 Å². The van der Waals surface area contributed by atoms with Gasteiger partial charge in [-0.1, -0.05) is 23.7 Å². The number of hydrogen-bond acceptors (Lipinski definition) is 3. The Morgan fingerprint density at radius 1 is 1.12 bits per heavy atom. The lowest BCUT2D eigenvalue weighted by atomic mass is 10.1. The van der Waals surface area contributed by atoms with E-state index >= 15 is 0 Å². The summed E-state index contributed by atoms with van der Waals surface area (Å²) in [5, 5.41) is 0.504. The maximum atomic E-state index is 12.8. The van der Waals surface area contributed by atoms with Crippen molar-refractivity contribution in [1.29, 1.82) is 0 Å². The highest BCUT2D eigenvalue weighted by Crippen LogP contribution is 2.21. The molecule has 1 fully saturated rings. The molecule has 0 bridgehead atoms. The number of carbonyl (C=O) groups is 2. The summed E-state index contributed by atoms with van der Waals surface area (Å²) in [6.07, 6.45) is 1.58. The summed E-state index contributed by atoms with van der Waals surface area (Å²) in [6.45, 7) is 4.33. The van der Waals surface area contributed by atoms with Gasteiger partial charge in [-0.15, -0.1) is 0 Å². The van der Waals surface area contributed by atoms with Crippen LogP contribution in [0, 0.1) is 0 Å². The van der Waals surface area contributed by atoms with Crippen molar-refractivity contribution in [3.8, 4) is 5.75 Å². The van der Waals surface area contributed by atoms with Crippen molar-refractivity contribution in [2.45, 2.75) is 6.92 Å². The van der Waals surface area contributed by atoms with Crippen molar-refractivity contribution >= 4 is 23.4 Å². The standard InChI is InChI=1S/C18H20ClN3O3/c1-2-25-16-6-4-3-5-14(16)17(23)21-7-9-22(10-8-21)18(24)15-11-13(19)12-20-15/h3-6,11-12,20H,2,7-10H2,1H3. The predicted molar refractivity (Wildman–Crippen MR) is 95.2 cm³/mol. The number of hydrogen-bond donors (Lipinski definition) is 1. The van der Waals surface area contributed by atoms with Gasteiger partial charge in [0.05, 0.1) is 17.2 Å². The minimum absolute atomic E-state index is 0.0703. The number of benzene rings is 1. The molecule has 25 heavy (non-hydrogen) atoms. The number of nitrogens with one attached hydrogen (secondary N) is 1. The molecular formula is C18H20ClN3O3. The highest BCUT2D eigenvalue weighted by Gasteiger charge is 2.27. The van der Waals surface area contributed by atoms with E-state index in [0.29, 0.717) is 54.8 Å². The molecule has 132 valence electrons. The SMILES string of the molecule is CCOc1ccccc1C(=O)N1CCN(C(=O)c2cc(Cl)c[nH]2)CC1. The molecule has 0 radical (unpaired) electrons. The molecule has 2 aromatic rings. The molecule has 0 aliphatic carbocycles. The zero-order chi connectivity index (χ0) is 17.8. The van der Waals surface area contributed by atoms with E-state index in [-0.39, 0.29) is 11.8 Å². The van der Waals surface area contributed by atoms with Gasteiger partial charge in [0.2, 0.25) is 0 Å². The highest BCUT2D eigenvalue weighted by atomic mass is 35.5. The average molecular weight is 362 g/mol. The second-order valence-electron chi connectivity index (χ2n) is 5.75. The number of ether oxygens (including phenoxy) is 1. The number of amides is 2. The Morgan fingerprint density at radius 2 is 1.76 bits per heavy atom. The summed E-state index contributed by atoms with van der Waals surface area (Å²) >= 11 is 5.85. The van der Waals surface area contributed by atoms with Crippen molar-refractivity contribution in [1.82, 2.24) is 14.8 Å². The Bertz CT molecular complexity index is 766. The zero-order valence-corrected chi connectivity index (χ0v) is 14.8. The quantitative estimate of drug-likeness (QED) is 0.910. The van der Waals surface area contributed by atoms with Gasteiger partial charge in [-0.3, -0.25) is 9.59 Å². The maximum Gasteiger partial charge on any atom is 0.270 e. The van der Waals surface area contributed by atoms with E-state index in [4.69, 9.17) is 16.3 Å². The Morgan fingerprint density at radius 3 is 2.36 bits per heavy atom. The van der Waals surface area contributed by atoms with Crippen LogP contribution in [0.15, 0.2) is 36.5 Å². The van der Waals surface area contributed by atoms with Gasteiger partial charge in [0.1, 0.15) is 11.4 Å². The first-order valence-electron chi connectivity index (χ1n) is 8.24. The normalized spacial score (nSPS) is 14.5. The number of nitrogens with zero attached hydrogens (tertiary/aromatic N) is 2. The third-order valence-corrected chi connectivity index (χ3v) is 4.37. The van der Waals surface area contributed by atoms with Crippen LogP contribution in [0.4, 0.5) is 0 Å². The van der Waals surface area contributed by atoms with Crippen LogP contribution in [0.5, 0.6) is 5.75 Å². The summed E-state index contributed by atoms with van der Waals surface area (Å²) < 4.78 is 5.54. The largest absolute Gasteiger partial charge is 0.493 e. The van der Waals surface area contributed by atoms with Gasteiger partial charge in [-0.2, -0.15) is 0 Å². The zero-order valence-electron chi connectivity index (χ0n) is 14.0. The first-order chi connectivity index (χ1) is 12.1. The lowest BCUT2D eigenvalue weighted by molar-refractivity contribution is 0.0530. The molecule has 2 amide bonds. The third-order valence-electron chi connectivity index (χ3n) is 4.15. The van der Waals surface area contributed by atoms with Crippen LogP contribution in [0.25, 0.3) is 0 Å². The summed E-state index contributed by atoms with van der Waals surface area (Å²) in [7, 11) is 0. The van der Waals surface area contributed by atoms with Crippen LogP contribution in [-0.2, 0) is 0 Å². The van der Waals surface area contributed by atoms with Gasteiger partial charge in [-0.25, -0.2) is 0 Å². The maximum absolute atomic E-state index is 12.8. The monoisotopic (exact) mass is 361 g/mol. The molecule has 1 saturated heterocycles. The van der Waals surface area contributed by atoms with Crippen molar-refractivity contribution < 1.29 is 14.3 Å². The highest BCUT2D eigenvalue weighted by molar-refractivity contribution is 6.30. The minimum Gasteiger partial charge on any atom is -0.493 e. The predicted octanol–water partition coefficient (Wildman–Crippen LogP) is 2.67. The third kappa shape index (κ3) is 3.79. The summed E-state index contributed by atoms with van der Waals surface area (Å²) in [5.74, 6) is 0.419. The molecule has 3 rings (SSSR count). The van der Waals surface area contributed by atoms with E-state index in [1.807, 2.05) is 19.1 Å². The Hall–Kier alpha value is -2.47. The van der Waals surface area contributed by atoms with Crippen molar-refractivity contribution in [2.24, 2.45) is 0 Å². The molecule has 2 heterocycles. The smallest absolute Gasteiger partial charge is 0.270 e. The van der Waals surface area contributed by atoms with Crippen LogP contribution in [0.2, 0.25) is 5.02 Å². The topological polar surface area (TPSA) is 65.6 Å². The van der Waals surface area contributed by atoms with Crippen molar-refractivity contribution in [2.75, 3.05) is 32.8 Å². The molecule has 1 aromatic carbocycles. The second-order valence-corrected chi connectivity index (χ2v) is 6.18. The summed E-state index contributed by atoms with van der Waals surface area (Å²) in [4.78, 5) is 31.5. The van der Waals surface area contributed by atoms with Crippen LogP contribution in [-0.4, -0.2) is 59.4 Å². The summed E-state index contributed by atoms with van der Waals surface area (Å²) in [6, 6.07) is 8.85. The first-order valence-corrected chi connectivity index (χ1v) is 8.62. The molecule has 1 aliphatic rings. The summed E-state index contributed by atoms with van der Waals surface area (Å²) in [5.41, 5.74) is 1.02. The van der Waals surface area contributed by atoms with E-state index in [1.54, 1.807) is 34.2 Å². The fourth-order valence-electron chi connectivity index (χ4n) is 2.87. The Labute approximate surface area is 151 Å². The second kappa shape index (κ2) is 7.61. The van der Waals surface area contributed by atoms with Crippen molar-refractivity contribution in [3.05, 3.63) is 52.8 Å². The first kappa shape index (κ1) is 17.4. The van der Waals surface area contributed by atoms with E-state index in [2.05, 4.69) is 4.98 Å². The molecule has 6 nitrogen and oxygen atoms in total. The molecular weight excluding hydrogens is 342 g/mol. The lowest BCUT2D eigenvalue weighted by Crippen LogP contribution is -2.50. The Balaban J connectivity index is 1.64. The number of piperazine rings is 1. The molecule has 7 heteroatoms. The number of aromatic nitrogens is 1. The average Bonchev–Trinajstić information content (AvgIpc) is 3.08. The molecule has 0 unspecified atom stereocenters. The molecule has 0 atom stereocenters. The molecule has 1 aromatic heterocycles. The number of halogens is 1. The number of H-pyrrole nitrogens is 1. The molecule has 0 saturated carbocycles. The Kier molecular flexibility index (Phi) is 5.28. The molecule has 0 spiro atoms. The number of para-hydroxylation sites is 1. The van der Waals surface area contributed by atoms with Crippen molar-refractivity contribution in [3.63, 3.8) is 0 Å². The van der Waals surface area contributed by atoms with Gasteiger partial charge < -0.3 is 19.5 Å². The van der Waals surface area contributed by atoms with Gasteiger partial charge in [0.15, 0.2) is 0 Å². The lowest BCUT2D eigenvalue weighted by Gasteiger charge is -2.34. The number of aromatic amines is 1. The number of carbonyl (C=O) groups excluding carboxylic acids is 2. The van der Waals surface area contributed by atoms with Crippen LogP contribution in [0.3, 0.4) is 0 Å². The van der Waals surface area contributed by atoms with Crippen LogP contribution >= 0.6 is 11.6 Å². The van der Waals surface area contributed by atoms with Crippen LogP contribution < -0.4 is 4.74 Å².